The van der Waals surface area contributed by atoms with Crippen LogP contribution in [0.2, 0.25) is 0 Å². The van der Waals surface area contributed by atoms with Crippen LogP contribution in [0.1, 0.15) is 18.9 Å². The summed E-state index contributed by atoms with van der Waals surface area (Å²) in [4.78, 5) is 8.79. The van der Waals surface area contributed by atoms with Gasteiger partial charge < -0.3 is 24.8 Å². The van der Waals surface area contributed by atoms with E-state index in [1.54, 1.807) is 12.4 Å². The monoisotopic (exact) mass is 428 g/mol. The van der Waals surface area contributed by atoms with Crippen LogP contribution in [0.5, 0.6) is 11.5 Å². The molecule has 7 nitrogen and oxygen atoms in total. The van der Waals surface area contributed by atoms with Gasteiger partial charge >= 0.3 is 0 Å². The van der Waals surface area contributed by atoms with Crippen molar-refractivity contribution in [1.82, 2.24) is 20.1 Å². The van der Waals surface area contributed by atoms with E-state index in [0.29, 0.717) is 19.8 Å². The number of ether oxygens (including phenoxy) is 2. The van der Waals surface area contributed by atoms with Crippen LogP contribution < -0.4 is 14.8 Å². The Hall–Kier alpha value is -2.19. The van der Waals surface area contributed by atoms with Gasteiger partial charge in [-0.3, -0.25) is 9.88 Å². The number of aliphatic hydroxyl groups excluding tert-OH is 1. The number of benzene rings is 1. The smallest absolute Gasteiger partial charge is 0.137 e. The first-order valence-electron chi connectivity index (χ1n) is 11.3. The molecule has 170 valence electrons. The fourth-order valence-electron chi connectivity index (χ4n) is 3.63. The van der Waals surface area contributed by atoms with Crippen LogP contribution in [-0.4, -0.2) is 85.0 Å². The SMILES string of the molecule is CCN1CCN(C[C@@H](O)COc2cccc(CNCCCOc3cccnc3)c2)CC1. The molecular formula is C24H36N4O3. The van der Waals surface area contributed by atoms with Gasteiger partial charge in [-0.25, -0.2) is 0 Å². The number of rotatable bonds is 13. The molecule has 1 atom stereocenters. The quantitative estimate of drug-likeness (QED) is 0.473. The first-order valence-corrected chi connectivity index (χ1v) is 11.3. The largest absolute Gasteiger partial charge is 0.492 e. The molecule has 2 heterocycles. The number of hydrogen-bond acceptors (Lipinski definition) is 7. The van der Waals surface area contributed by atoms with Gasteiger partial charge in [0.1, 0.15) is 24.2 Å². The third kappa shape index (κ3) is 8.83. The predicted octanol–water partition coefficient (Wildman–Crippen LogP) is 2.02. The lowest BCUT2D eigenvalue weighted by atomic mass is 10.2. The second kappa shape index (κ2) is 13.3. The zero-order valence-corrected chi connectivity index (χ0v) is 18.6. The molecule has 1 aromatic carbocycles. The molecule has 1 saturated heterocycles. The van der Waals surface area contributed by atoms with Crippen LogP contribution in [0.25, 0.3) is 0 Å². The minimum absolute atomic E-state index is 0.316. The summed E-state index contributed by atoms with van der Waals surface area (Å²) < 4.78 is 11.5. The molecule has 1 fully saturated rings. The number of nitrogens with zero attached hydrogens (tertiary/aromatic N) is 3. The summed E-state index contributed by atoms with van der Waals surface area (Å²) in [5.41, 5.74) is 1.16. The number of aromatic nitrogens is 1. The summed E-state index contributed by atoms with van der Waals surface area (Å²) >= 11 is 0. The molecule has 0 bridgehead atoms. The summed E-state index contributed by atoms with van der Waals surface area (Å²) in [6.45, 7) is 10.8. The minimum atomic E-state index is -0.477. The number of hydrogen-bond donors (Lipinski definition) is 2. The number of β-amino-alcohol motifs (C(OH)–C–C–N with tert-alkyl or cyclic N) is 1. The molecule has 0 saturated carbocycles. The van der Waals surface area contributed by atoms with Crippen molar-refractivity contribution in [2.75, 3.05) is 59.0 Å². The Balaban J connectivity index is 1.28. The molecular weight excluding hydrogens is 392 g/mol. The summed E-state index contributed by atoms with van der Waals surface area (Å²) in [6, 6.07) is 11.8. The summed E-state index contributed by atoms with van der Waals surface area (Å²) in [7, 11) is 0. The Labute approximate surface area is 186 Å². The van der Waals surface area contributed by atoms with Gasteiger partial charge in [0.25, 0.3) is 0 Å². The van der Waals surface area contributed by atoms with Crippen molar-refractivity contribution in [1.29, 1.82) is 0 Å². The minimum Gasteiger partial charge on any atom is -0.492 e. The molecule has 1 aromatic heterocycles. The van der Waals surface area contributed by atoms with E-state index in [1.807, 2.05) is 30.3 Å². The highest BCUT2D eigenvalue weighted by Crippen LogP contribution is 2.14. The second-order valence-corrected chi connectivity index (χ2v) is 7.91. The lowest BCUT2D eigenvalue weighted by molar-refractivity contribution is 0.0471. The summed E-state index contributed by atoms with van der Waals surface area (Å²) in [6.07, 6.45) is 3.91. The third-order valence-electron chi connectivity index (χ3n) is 5.45. The molecule has 2 aromatic rings. The van der Waals surface area contributed by atoms with E-state index in [-0.39, 0.29) is 0 Å². The molecule has 0 spiro atoms. The molecule has 7 heteroatoms. The molecule has 0 amide bonds. The highest BCUT2D eigenvalue weighted by molar-refractivity contribution is 5.28. The Kier molecular flexibility index (Phi) is 10.0. The Morgan fingerprint density at radius 3 is 2.65 bits per heavy atom. The van der Waals surface area contributed by atoms with Gasteiger partial charge in [0.05, 0.1) is 12.8 Å². The van der Waals surface area contributed by atoms with Gasteiger partial charge in [0.2, 0.25) is 0 Å². The zero-order valence-electron chi connectivity index (χ0n) is 18.6. The highest BCUT2D eigenvalue weighted by atomic mass is 16.5. The van der Waals surface area contributed by atoms with Crippen LogP contribution >= 0.6 is 0 Å². The van der Waals surface area contributed by atoms with Crippen molar-refractivity contribution in [2.45, 2.75) is 26.0 Å². The number of pyridine rings is 1. The highest BCUT2D eigenvalue weighted by Gasteiger charge is 2.18. The number of likely N-dealkylation sites (N-methyl/N-ethyl adjacent to an activating group) is 1. The Bertz CT molecular complexity index is 739. The first kappa shape index (κ1) is 23.5. The maximum absolute atomic E-state index is 10.4. The van der Waals surface area contributed by atoms with E-state index in [4.69, 9.17) is 9.47 Å². The normalized spacial score (nSPS) is 16.2. The lowest BCUT2D eigenvalue weighted by Gasteiger charge is -2.34. The molecule has 1 aliphatic heterocycles. The van der Waals surface area contributed by atoms with E-state index in [1.165, 1.54) is 0 Å². The second-order valence-electron chi connectivity index (χ2n) is 7.91. The van der Waals surface area contributed by atoms with E-state index >= 15 is 0 Å². The van der Waals surface area contributed by atoms with Crippen molar-refractivity contribution < 1.29 is 14.6 Å². The van der Waals surface area contributed by atoms with Crippen LogP contribution in [0, 0.1) is 0 Å². The van der Waals surface area contributed by atoms with Crippen molar-refractivity contribution in [2.24, 2.45) is 0 Å². The molecule has 3 rings (SSSR count). The van der Waals surface area contributed by atoms with E-state index in [0.717, 1.165) is 69.3 Å². The van der Waals surface area contributed by atoms with Crippen molar-refractivity contribution in [3.63, 3.8) is 0 Å². The molecule has 31 heavy (non-hydrogen) atoms. The van der Waals surface area contributed by atoms with Gasteiger partial charge in [-0.05, 0) is 49.3 Å². The van der Waals surface area contributed by atoms with Crippen molar-refractivity contribution >= 4 is 0 Å². The predicted molar refractivity (Wildman–Crippen MR) is 123 cm³/mol. The maximum atomic E-state index is 10.4. The van der Waals surface area contributed by atoms with Crippen LogP contribution in [0.15, 0.2) is 48.8 Å². The average molecular weight is 429 g/mol. The van der Waals surface area contributed by atoms with E-state index in [9.17, 15) is 5.11 Å². The lowest BCUT2D eigenvalue weighted by Crippen LogP contribution is -2.49. The third-order valence-corrected chi connectivity index (χ3v) is 5.45. The number of aliphatic hydroxyl groups is 1. The van der Waals surface area contributed by atoms with Gasteiger partial charge in [-0.15, -0.1) is 0 Å². The molecule has 2 N–H and O–H groups in total. The molecule has 0 aliphatic carbocycles. The van der Waals surface area contributed by atoms with Gasteiger partial charge in [-0.1, -0.05) is 19.1 Å². The van der Waals surface area contributed by atoms with Crippen molar-refractivity contribution in [3.05, 3.63) is 54.4 Å². The van der Waals surface area contributed by atoms with Gasteiger partial charge in [0, 0.05) is 45.5 Å². The topological polar surface area (TPSA) is 70.1 Å². The maximum Gasteiger partial charge on any atom is 0.137 e. The molecule has 0 radical (unpaired) electrons. The number of piperazine rings is 1. The molecule has 1 aliphatic rings. The Morgan fingerprint density at radius 2 is 1.87 bits per heavy atom. The van der Waals surface area contributed by atoms with Crippen molar-refractivity contribution in [3.8, 4) is 11.5 Å². The molecule has 0 unspecified atom stereocenters. The summed E-state index contributed by atoms with van der Waals surface area (Å²) in [5.74, 6) is 1.60. The average Bonchev–Trinajstić information content (AvgIpc) is 2.81. The number of nitrogens with one attached hydrogen (secondary N) is 1. The fourth-order valence-corrected chi connectivity index (χ4v) is 3.63. The standard InChI is InChI=1S/C24H36N4O3/c1-2-27-11-13-28(14-12-27)19-22(29)20-31-23-7-3-6-21(16-23)17-25-10-5-15-30-24-8-4-9-26-18-24/h3-4,6-9,16,18,22,25,29H,2,5,10-15,17,19-20H2,1H3/t22-/m1/s1. The van der Waals surface area contributed by atoms with E-state index < -0.39 is 6.10 Å². The van der Waals surface area contributed by atoms with Gasteiger partial charge in [0.15, 0.2) is 0 Å². The van der Waals surface area contributed by atoms with Crippen LogP contribution in [0.3, 0.4) is 0 Å². The summed E-state index contributed by atoms with van der Waals surface area (Å²) in [5, 5.41) is 13.8. The van der Waals surface area contributed by atoms with Gasteiger partial charge in [-0.2, -0.15) is 0 Å². The Morgan fingerprint density at radius 1 is 1.06 bits per heavy atom. The fraction of sp³-hybridized carbons (Fsp3) is 0.542. The first-order chi connectivity index (χ1) is 15.2. The van der Waals surface area contributed by atoms with E-state index in [2.05, 4.69) is 33.1 Å². The van der Waals surface area contributed by atoms with Crippen LogP contribution in [0.4, 0.5) is 0 Å². The zero-order chi connectivity index (χ0) is 21.7. The van der Waals surface area contributed by atoms with Crippen LogP contribution in [-0.2, 0) is 6.54 Å².